The molecule has 1 aromatic carbocycles. The van der Waals surface area contributed by atoms with Gasteiger partial charge in [-0.25, -0.2) is 8.42 Å². The van der Waals surface area contributed by atoms with E-state index in [0.717, 1.165) is 24.8 Å². The minimum absolute atomic E-state index is 0.251. The van der Waals surface area contributed by atoms with Crippen molar-refractivity contribution in [3.63, 3.8) is 0 Å². The van der Waals surface area contributed by atoms with Crippen LogP contribution in [0.15, 0.2) is 23.1 Å². The summed E-state index contributed by atoms with van der Waals surface area (Å²) in [4.78, 5) is 0.305. The zero-order valence-corrected chi connectivity index (χ0v) is 10.3. The fraction of sp³-hybridized carbons (Fsp3) is 0.500. The first kappa shape index (κ1) is 11.5. The average Bonchev–Trinajstić information content (AvgIpc) is 2.16. The molecule has 0 unspecified atom stereocenters. The monoisotopic (exact) mass is 239 g/mol. The Morgan fingerprint density at radius 1 is 1.38 bits per heavy atom. The third-order valence-corrected chi connectivity index (χ3v) is 5.24. The lowest BCUT2D eigenvalue weighted by atomic mass is 9.87. The van der Waals surface area contributed by atoms with E-state index in [9.17, 15) is 8.42 Å². The van der Waals surface area contributed by atoms with E-state index in [1.807, 2.05) is 13.0 Å². The fourth-order valence-electron chi connectivity index (χ4n) is 1.98. The number of benzene rings is 1. The Bertz CT molecular complexity index is 490. The fourth-order valence-corrected chi connectivity index (χ4v) is 3.90. The first-order valence-corrected chi connectivity index (χ1v) is 7.24. The lowest BCUT2D eigenvalue weighted by Gasteiger charge is -2.25. The maximum Gasteiger partial charge on any atom is 0.180 e. The van der Waals surface area contributed by atoms with E-state index in [2.05, 4.69) is 0 Å². The van der Waals surface area contributed by atoms with Gasteiger partial charge in [0.2, 0.25) is 0 Å². The Hall–Kier alpha value is -1.03. The molecule has 2 N–H and O–H groups in total. The normalized spacial score (nSPS) is 17.1. The van der Waals surface area contributed by atoms with Crippen LogP contribution in [0.3, 0.4) is 0 Å². The van der Waals surface area contributed by atoms with Gasteiger partial charge in [0, 0.05) is 0 Å². The van der Waals surface area contributed by atoms with Crippen LogP contribution in [0.4, 0.5) is 5.69 Å². The van der Waals surface area contributed by atoms with E-state index in [1.54, 1.807) is 12.1 Å². The quantitative estimate of drug-likeness (QED) is 0.822. The lowest BCUT2D eigenvalue weighted by Crippen LogP contribution is -2.23. The molecule has 16 heavy (non-hydrogen) atoms. The number of nitrogens with two attached hydrogens (primary N) is 1. The van der Waals surface area contributed by atoms with Crippen LogP contribution in [-0.4, -0.2) is 14.2 Å². The summed E-state index contributed by atoms with van der Waals surface area (Å²) in [6, 6.07) is 5.19. The van der Waals surface area contributed by atoms with Gasteiger partial charge >= 0.3 is 0 Å². The molecule has 2 rings (SSSR count). The van der Waals surface area contributed by atoms with Gasteiger partial charge in [0.25, 0.3) is 0 Å². The van der Waals surface area contributed by atoms with Gasteiger partial charge in [0.05, 0.1) is 16.3 Å². The molecule has 1 fully saturated rings. The molecule has 0 spiro atoms. The van der Waals surface area contributed by atoms with Gasteiger partial charge in [0.1, 0.15) is 0 Å². The van der Waals surface area contributed by atoms with Gasteiger partial charge in [0.15, 0.2) is 9.84 Å². The third kappa shape index (κ3) is 2.07. The summed E-state index contributed by atoms with van der Waals surface area (Å²) in [5, 5.41) is 0. The van der Waals surface area contributed by atoms with E-state index >= 15 is 0 Å². The molecule has 3 nitrogen and oxygen atoms in total. The van der Waals surface area contributed by atoms with E-state index < -0.39 is 9.84 Å². The number of aryl methyl sites for hydroxylation is 1. The molecule has 0 amide bonds. The highest BCUT2D eigenvalue weighted by Crippen LogP contribution is 2.31. The molecule has 0 atom stereocenters. The maximum atomic E-state index is 12.1. The summed E-state index contributed by atoms with van der Waals surface area (Å²) in [5.41, 5.74) is 7.06. The van der Waals surface area contributed by atoms with Crippen molar-refractivity contribution >= 4 is 15.5 Å². The van der Waals surface area contributed by atoms with Crippen molar-refractivity contribution in [2.24, 2.45) is 5.92 Å². The first-order chi connectivity index (χ1) is 7.50. The van der Waals surface area contributed by atoms with E-state index in [-0.39, 0.29) is 5.75 Å². The van der Waals surface area contributed by atoms with E-state index in [1.165, 1.54) is 0 Å². The van der Waals surface area contributed by atoms with Crippen molar-refractivity contribution in [3.05, 3.63) is 23.8 Å². The van der Waals surface area contributed by atoms with E-state index in [4.69, 9.17) is 5.73 Å². The second-order valence-electron chi connectivity index (χ2n) is 4.57. The number of rotatable bonds is 3. The molecule has 1 saturated carbocycles. The second kappa shape index (κ2) is 4.09. The highest BCUT2D eigenvalue weighted by Gasteiger charge is 2.27. The predicted molar refractivity (Wildman–Crippen MR) is 65.0 cm³/mol. The minimum atomic E-state index is -3.20. The molecule has 1 aliphatic carbocycles. The number of hydrogen-bond donors (Lipinski definition) is 1. The Kier molecular flexibility index (Phi) is 2.93. The van der Waals surface area contributed by atoms with Crippen LogP contribution >= 0.6 is 0 Å². The molecule has 0 saturated heterocycles. The summed E-state index contributed by atoms with van der Waals surface area (Å²) in [7, 11) is -3.20. The Labute approximate surface area is 96.6 Å². The Balaban J connectivity index is 2.31. The van der Waals surface area contributed by atoms with Crippen LogP contribution in [0, 0.1) is 12.8 Å². The van der Waals surface area contributed by atoms with Crippen LogP contribution in [0.25, 0.3) is 0 Å². The molecule has 4 heteroatoms. The van der Waals surface area contributed by atoms with Crippen molar-refractivity contribution in [3.8, 4) is 0 Å². The number of sulfone groups is 1. The van der Waals surface area contributed by atoms with Crippen molar-refractivity contribution in [1.29, 1.82) is 0 Å². The standard InChI is InChI=1S/C12H17NO2S/c1-9-4-2-7-11(12(9)13)16(14,15)8-10-5-3-6-10/h2,4,7,10H,3,5-6,8,13H2,1H3. The van der Waals surface area contributed by atoms with Crippen LogP contribution in [0.2, 0.25) is 0 Å². The number of hydrogen-bond acceptors (Lipinski definition) is 3. The summed E-state index contributed by atoms with van der Waals surface area (Å²) in [6.45, 7) is 1.83. The molecule has 0 radical (unpaired) electrons. The number of anilines is 1. The van der Waals surface area contributed by atoms with E-state index in [0.29, 0.717) is 16.5 Å². The lowest BCUT2D eigenvalue weighted by molar-refractivity contribution is 0.347. The molecule has 0 heterocycles. The zero-order valence-electron chi connectivity index (χ0n) is 9.44. The smallest absolute Gasteiger partial charge is 0.180 e. The predicted octanol–water partition coefficient (Wildman–Crippen LogP) is 2.15. The van der Waals surface area contributed by atoms with Crippen molar-refractivity contribution in [2.45, 2.75) is 31.1 Å². The number of nitrogen functional groups attached to an aromatic ring is 1. The summed E-state index contributed by atoms with van der Waals surface area (Å²) in [6.07, 6.45) is 3.22. The highest BCUT2D eigenvalue weighted by molar-refractivity contribution is 7.91. The minimum Gasteiger partial charge on any atom is -0.397 e. The van der Waals surface area contributed by atoms with Crippen molar-refractivity contribution in [2.75, 3.05) is 11.5 Å². The van der Waals surface area contributed by atoms with Crippen LogP contribution in [0.5, 0.6) is 0 Å². The zero-order chi connectivity index (χ0) is 11.8. The van der Waals surface area contributed by atoms with Crippen LogP contribution in [-0.2, 0) is 9.84 Å². The van der Waals surface area contributed by atoms with Gasteiger partial charge < -0.3 is 5.73 Å². The van der Waals surface area contributed by atoms with Gasteiger partial charge in [-0.05, 0) is 37.3 Å². The van der Waals surface area contributed by atoms with Crippen molar-refractivity contribution in [1.82, 2.24) is 0 Å². The SMILES string of the molecule is Cc1cccc(S(=O)(=O)CC2CCC2)c1N. The molecular weight excluding hydrogens is 222 g/mol. The molecular formula is C12H17NO2S. The van der Waals surface area contributed by atoms with Gasteiger partial charge in [-0.2, -0.15) is 0 Å². The van der Waals surface area contributed by atoms with Crippen LogP contribution < -0.4 is 5.73 Å². The highest BCUT2D eigenvalue weighted by atomic mass is 32.2. The first-order valence-electron chi connectivity index (χ1n) is 5.58. The Morgan fingerprint density at radius 3 is 2.62 bits per heavy atom. The van der Waals surface area contributed by atoms with Gasteiger partial charge in [-0.1, -0.05) is 18.6 Å². The third-order valence-electron chi connectivity index (χ3n) is 3.30. The molecule has 0 aliphatic heterocycles. The van der Waals surface area contributed by atoms with Crippen molar-refractivity contribution < 1.29 is 8.42 Å². The second-order valence-corrected chi connectivity index (χ2v) is 6.57. The maximum absolute atomic E-state index is 12.1. The average molecular weight is 239 g/mol. The molecule has 0 aromatic heterocycles. The van der Waals surface area contributed by atoms with Crippen LogP contribution in [0.1, 0.15) is 24.8 Å². The molecule has 1 aromatic rings. The largest absolute Gasteiger partial charge is 0.397 e. The summed E-state index contributed by atoms with van der Waals surface area (Å²) < 4.78 is 24.3. The topological polar surface area (TPSA) is 60.2 Å². The summed E-state index contributed by atoms with van der Waals surface area (Å²) >= 11 is 0. The Morgan fingerprint density at radius 2 is 2.06 bits per heavy atom. The molecule has 1 aliphatic rings. The molecule has 88 valence electrons. The summed E-state index contributed by atoms with van der Waals surface area (Å²) in [5.74, 6) is 0.589. The molecule has 0 bridgehead atoms. The van der Waals surface area contributed by atoms with Gasteiger partial charge in [-0.15, -0.1) is 0 Å². The van der Waals surface area contributed by atoms with Gasteiger partial charge in [-0.3, -0.25) is 0 Å². The number of para-hydroxylation sites is 1.